The van der Waals surface area contributed by atoms with Crippen LogP contribution in [0.3, 0.4) is 0 Å². The highest BCUT2D eigenvalue weighted by molar-refractivity contribution is 5.73. The van der Waals surface area contributed by atoms with Crippen LogP contribution in [0.25, 0.3) is 0 Å². The zero-order chi connectivity index (χ0) is 14.3. The number of ether oxygens (including phenoxy) is 2. The van der Waals surface area contributed by atoms with Crippen molar-refractivity contribution in [3.63, 3.8) is 0 Å². The van der Waals surface area contributed by atoms with Crippen LogP contribution in [-0.2, 0) is 4.79 Å². The van der Waals surface area contributed by atoms with Crippen LogP contribution in [0.15, 0.2) is 24.3 Å². The highest BCUT2D eigenvalue weighted by atomic mass is 16.5. The summed E-state index contributed by atoms with van der Waals surface area (Å²) >= 11 is 0. The minimum absolute atomic E-state index is 0.599. The van der Waals surface area contributed by atoms with E-state index in [0.717, 1.165) is 24.3 Å². The van der Waals surface area contributed by atoms with Gasteiger partial charge < -0.3 is 14.6 Å². The average molecular weight is 266 g/mol. The molecule has 0 unspecified atom stereocenters. The molecule has 106 valence electrons. The summed E-state index contributed by atoms with van der Waals surface area (Å²) in [4.78, 5) is 10.9. The summed E-state index contributed by atoms with van der Waals surface area (Å²) < 4.78 is 10.6. The predicted octanol–water partition coefficient (Wildman–Crippen LogP) is 3.36. The van der Waals surface area contributed by atoms with Crippen LogP contribution in [-0.4, -0.2) is 24.8 Å². The van der Waals surface area contributed by atoms with Crippen LogP contribution in [0.1, 0.15) is 33.1 Å². The Bertz CT molecular complexity index is 395. The van der Waals surface area contributed by atoms with Crippen molar-refractivity contribution in [1.29, 1.82) is 0 Å². The first-order valence-corrected chi connectivity index (χ1v) is 6.46. The second kappa shape index (κ2) is 7.02. The average Bonchev–Trinajstić information content (AvgIpc) is 2.38. The van der Waals surface area contributed by atoms with Gasteiger partial charge in [-0.15, -0.1) is 0 Å². The molecule has 4 heteroatoms. The molecule has 0 aliphatic rings. The molecule has 1 rings (SSSR count). The zero-order valence-electron chi connectivity index (χ0n) is 11.8. The molecule has 0 spiro atoms. The van der Waals surface area contributed by atoms with Gasteiger partial charge in [0.1, 0.15) is 11.5 Å². The lowest BCUT2D eigenvalue weighted by Gasteiger charge is -2.18. The van der Waals surface area contributed by atoms with Crippen LogP contribution in [0.4, 0.5) is 0 Å². The molecule has 0 aromatic heterocycles. The van der Waals surface area contributed by atoms with Crippen molar-refractivity contribution in [3.8, 4) is 11.5 Å². The van der Waals surface area contributed by atoms with Crippen LogP contribution in [0.5, 0.6) is 11.5 Å². The van der Waals surface area contributed by atoms with Crippen LogP contribution >= 0.6 is 0 Å². The van der Waals surface area contributed by atoms with Crippen molar-refractivity contribution < 1.29 is 19.4 Å². The maximum absolute atomic E-state index is 10.9. The number of carboxylic acids is 1. The van der Waals surface area contributed by atoms with Gasteiger partial charge in [0.25, 0.3) is 0 Å². The van der Waals surface area contributed by atoms with E-state index in [0.29, 0.717) is 13.0 Å². The molecule has 0 aliphatic carbocycles. The Kier molecular flexibility index (Phi) is 5.67. The Morgan fingerprint density at radius 2 is 1.74 bits per heavy atom. The van der Waals surface area contributed by atoms with Crippen molar-refractivity contribution in [2.24, 2.45) is 5.41 Å². The second-order valence-electron chi connectivity index (χ2n) is 5.17. The molecule has 0 saturated heterocycles. The van der Waals surface area contributed by atoms with Crippen molar-refractivity contribution in [2.75, 3.05) is 13.7 Å². The Balaban J connectivity index is 2.22. The molecular formula is C15H22O4. The topological polar surface area (TPSA) is 55.8 Å². The summed E-state index contributed by atoms with van der Waals surface area (Å²) in [6.45, 7) is 4.10. The first-order valence-electron chi connectivity index (χ1n) is 6.46. The number of rotatable bonds is 8. The summed E-state index contributed by atoms with van der Waals surface area (Å²) in [5.41, 5.74) is -0.653. The molecule has 0 saturated carbocycles. The third-order valence-electron chi connectivity index (χ3n) is 3.10. The van der Waals surface area contributed by atoms with E-state index in [-0.39, 0.29) is 0 Å². The minimum Gasteiger partial charge on any atom is -0.497 e. The normalized spacial score (nSPS) is 11.1. The van der Waals surface area contributed by atoms with Crippen LogP contribution in [0, 0.1) is 5.41 Å². The molecule has 0 radical (unpaired) electrons. The largest absolute Gasteiger partial charge is 0.497 e. The lowest BCUT2D eigenvalue weighted by molar-refractivity contribution is -0.147. The van der Waals surface area contributed by atoms with E-state index >= 15 is 0 Å². The van der Waals surface area contributed by atoms with Gasteiger partial charge in [-0.2, -0.15) is 0 Å². The van der Waals surface area contributed by atoms with E-state index in [1.54, 1.807) is 21.0 Å². The Morgan fingerprint density at radius 1 is 1.16 bits per heavy atom. The molecule has 0 aliphatic heterocycles. The molecule has 1 N–H and O–H groups in total. The van der Waals surface area contributed by atoms with E-state index in [1.807, 2.05) is 24.3 Å². The number of methoxy groups -OCH3 is 1. The van der Waals surface area contributed by atoms with E-state index in [1.165, 1.54) is 0 Å². The molecule has 0 heterocycles. The van der Waals surface area contributed by atoms with Gasteiger partial charge in [0.2, 0.25) is 0 Å². The number of hydrogen-bond acceptors (Lipinski definition) is 3. The molecule has 1 aromatic rings. The fourth-order valence-electron chi connectivity index (χ4n) is 1.64. The first-order chi connectivity index (χ1) is 8.95. The van der Waals surface area contributed by atoms with E-state index in [9.17, 15) is 4.79 Å². The molecule has 4 nitrogen and oxygen atoms in total. The third-order valence-corrected chi connectivity index (χ3v) is 3.10. The van der Waals surface area contributed by atoms with Gasteiger partial charge in [-0.25, -0.2) is 0 Å². The number of aliphatic carboxylic acids is 1. The molecule has 0 atom stereocenters. The van der Waals surface area contributed by atoms with Crippen molar-refractivity contribution in [2.45, 2.75) is 33.1 Å². The first kappa shape index (κ1) is 15.3. The monoisotopic (exact) mass is 266 g/mol. The number of carboxylic acid groups (broad SMARTS) is 1. The Labute approximate surface area is 114 Å². The predicted molar refractivity (Wildman–Crippen MR) is 73.8 cm³/mol. The second-order valence-corrected chi connectivity index (χ2v) is 5.17. The number of benzene rings is 1. The van der Waals surface area contributed by atoms with E-state index < -0.39 is 11.4 Å². The van der Waals surface area contributed by atoms with Crippen molar-refractivity contribution in [1.82, 2.24) is 0 Å². The number of unbranched alkanes of at least 4 members (excludes halogenated alkanes) is 1. The number of hydrogen-bond donors (Lipinski definition) is 1. The number of carbonyl (C=O) groups is 1. The summed E-state index contributed by atoms with van der Waals surface area (Å²) in [5, 5.41) is 8.98. The quantitative estimate of drug-likeness (QED) is 0.733. The summed E-state index contributed by atoms with van der Waals surface area (Å²) in [6, 6.07) is 7.42. The van der Waals surface area contributed by atoms with Crippen molar-refractivity contribution >= 4 is 5.97 Å². The standard InChI is InChI=1S/C15H22O4/c1-15(2,14(16)17)10-4-5-11-19-13-8-6-12(18-3)7-9-13/h6-9H,4-5,10-11H2,1-3H3,(H,16,17). The minimum atomic E-state index is -0.747. The Morgan fingerprint density at radius 3 is 2.26 bits per heavy atom. The lowest BCUT2D eigenvalue weighted by Crippen LogP contribution is -2.23. The van der Waals surface area contributed by atoms with Crippen LogP contribution in [0.2, 0.25) is 0 Å². The van der Waals surface area contributed by atoms with E-state index in [4.69, 9.17) is 14.6 Å². The zero-order valence-corrected chi connectivity index (χ0v) is 11.8. The fraction of sp³-hybridized carbons (Fsp3) is 0.533. The molecule has 0 bridgehead atoms. The van der Waals surface area contributed by atoms with Gasteiger partial charge in [-0.05, 0) is 57.4 Å². The maximum atomic E-state index is 10.9. The molecule has 0 fully saturated rings. The smallest absolute Gasteiger partial charge is 0.309 e. The van der Waals surface area contributed by atoms with Crippen LogP contribution < -0.4 is 9.47 Å². The lowest BCUT2D eigenvalue weighted by atomic mass is 9.87. The SMILES string of the molecule is COc1ccc(OCCCCC(C)(C)C(=O)O)cc1. The maximum Gasteiger partial charge on any atom is 0.309 e. The summed E-state index contributed by atoms with van der Waals surface area (Å²) in [7, 11) is 1.63. The highest BCUT2D eigenvalue weighted by Gasteiger charge is 2.25. The Hall–Kier alpha value is -1.71. The molecule has 19 heavy (non-hydrogen) atoms. The third kappa shape index (κ3) is 5.20. The molecule has 1 aromatic carbocycles. The van der Waals surface area contributed by atoms with Gasteiger partial charge >= 0.3 is 5.97 Å². The van der Waals surface area contributed by atoms with Gasteiger partial charge in [0, 0.05) is 0 Å². The van der Waals surface area contributed by atoms with Crippen molar-refractivity contribution in [3.05, 3.63) is 24.3 Å². The van der Waals surface area contributed by atoms with Gasteiger partial charge in [0.15, 0.2) is 0 Å². The van der Waals surface area contributed by atoms with Gasteiger partial charge in [-0.3, -0.25) is 4.79 Å². The summed E-state index contributed by atoms with van der Waals surface area (Å²) in [5.74, 6) is 0.859. The molecule has 0 amide bonds. The fourth-order valence-corrected chi connectivity index (χ4v) is 1.64. The van der Waals surface area contributed by atoms with Gasteiger partial charge in [0.05, 0.1) is 19.1 Å². The highest BCUT2D eigenvalue weighted by Crippen LogP contribution is 2.23. The molecular weight excluding hydrogens is 244 g/mol. The summed E-state index contributed by atoms with van der Waals surface area (Å²) in [6.07, 6.45) is 2.35. The van der Waals surface area contributed by atoms with E-state index in [2.05, 4.69) is 0 Å². The van der Waals surface area contributed by atoms with Gasteiger partial charge in [-0.1, -0.05) is 0 Å².